The van der Waals surface area contributed by atoms with E-state index >= 15 is 0 Å². The highest BCUT2D eigenvalue weighted by molar-refractivity contribution is 5.94. The van der Waals surface area contributed by atoms with Crippen molar-refractivity contribution in [1.29, 1.82) is 0 Å². The molecule has 37 heavy (non-hydrogen) atoms. The summed E-state index contributed by atoms with van der Waals surface area (Å²) in [6.45, 7) is 11.8. The zero-order valence-electron chi connectivity index (χ0n) is 22.7. The van der Waals surface area contributed by atoms with E-state index in [-0.39, 0.29) is 18.1 Å². The fourth-order valence-electron chi connectivity index (χ4n) is 4.11. The molecule has 1 aromatic heterocycles. The van der Waals surface area contributed by atoms with Gasteiger partial charge in [-0.15, -0.1) is 0 Å². The molecular formula is C28H37N5O4. The number of carbonyl (C=O) groups excluding carboxylic acids is 1. The summed E-state index contributed by atoms with van der Waals surface area (Å²) < 4.78 is 8.26. The van der Waals surface area contributed by atoms with Crippen LogP contribution < -0.4 is 32.4 Å². The predicted molar refractivity (Wildman–Crippen MR) is 149 cm³/mol. The van der Waals surface area contributed by atoms with Crippen molar-refractivity contribution >= 4 is 23.1 Å². The van der Waals surface area contributed by atoms with Gasteiger partial charge in [0, 0.05) is 19.3 Å². The molecule has 9 heteroatoms. The quantitative estimate of drug-likeness (QED) is 0.299. The minimum Gasteiger partial charge on any atom is -0.483 e. The molecule has 4 N–H and O–H groups in total. The molecule has 0 spiro atoms. The first-order chi connectivity index (χ1) is 17.5. The molecule has 0 fully saturated rings. The number of nitrogens with one attached hydrogen (secondary N) is 2. The normalized spacial score (nSPS) is 10.9. The van der Waals surface area contributed by atoms with E-state index in [0.717, 1.165) is 45.2 Å². The number of hydrogen-bond donors (Lipinski definition) is 3. The molecule has 3 aromatic rings. The first kappa shape index (κ1) is 27.6. The highest BCUT2D eigenvalue weighted by Crippen LogP contribution is 2.29. The standard InChI is InChI=1S/C28H37N5O4/c1-8-9-13-30-26-25(31-23(34)15-37-22-14-17(3)24(29)20(6)19(22)5)27(35)32(7)28(36)33(26)21-12-10-11-16(2)18(21)4/h10-12,14,30H,8-9,13,15,29H2,1-7H3,(H,31,34). The van der Waals surface area contributed by atoms with Crippen LogP contribution in [0.4, 0.5) is 17.2 Å². The Morgan fingerprint density at radius 2 is 1.73 bits per heavy atom. The molecule has 0 saturated heterocycles. The number of ether oxygens (including phenoxy) is 1. The molecule has 3 rings (SSSR count). The molecule has 0 unspecified atom stereocenters. The van der Waals surface area contributed by atoms with Crippen molar-refractivity contribution in [3.05, 3.63) is 72.9 Å². The van der Waals surface area contributed by atoms with E-state index in [2.05, 4.69) is 10.6 Å². The van der Waals surface area contributed by atoms with Crippen molar-refractivity contribution in [2.45, 2.75) is 54.4 Å². The van der Waals surface area contributed by atoms with Gasteiger partial charge in [-0.3, -0.25) is 14.2 Å². The van der Waals surface area contributed by atoms with Crippen molar-refractivity contribution in [1.82, 2.24) is 9.13 Å². The average molecular weight is 508 g/mol. The van der Waals surface area contributed by atoms with E-state index in [0.29, 0.717) is 23.7 Å². The summed E-state index contributed by atoms with van der Waals surface area (Å²) >= 11 is 0. The lowest BCUT2D eigenvalue weighted by Crippen LogP contribution is -2.41. The van der Waals surface area contributed by atoms with Crippen LogP contribution in [0.1, 0.15) is 47.6 Å². The first-order valence-corrected chi connectivity index (χ1v) is 12.4. The van der Waals surface area contributed by atoms with E-state index in [1.807, 2.05) is 59.7 Å². The Labute approximate surface area is 217 Å². The number of benzene rings is 2. The molecule has 9 nitrogen and oxygen atoms in total. The Hall–Kier alpha value is -4.01. The van der Waals surface area contributed by atoms with Crippen LogP contribution in [0.3, 0.4) is 0 Å². The Kier molecular flexibility index (Phi) is 8.47. The molecule has 0 atom stereocenters. The smallest absolute Gasteiger partial charge is 0.337 e. The number of nitrogens with zero attached hydrogens (tertiary/aromatic N) is 2. The molecule has 0 bridgehead atoms. The van der Waals surface area contributed by atoms with Crippen molar-refractivity contribution < 1.29 is 9.53 Å². The van der Waals surface area contributed by atoms with Gasteiger partial charge in [0.1, 0.15) is 17.3 Å². The molecule has 0 saturated carbocycles. The van der Waals surface area contributed by atoms with Crippen LogP contribution in [0.25, 0.3) is 5.69 Å². The van der Waals surface area contributed by atoms with Crippen LogP contribution >= 0.6 is 0 Å². The summed E-state index contributed by atoms with van der Waals surface area (Å²) in [7, 11) is 1.40. The van der Waals surface area contributed by atoms with Crippen LogP contribution in [0.2, 0.25) is 0 Å². The van der Waals surface area contributed by atoms with Gasteiger partial charge in [0.15, 0.2) is 6.61 Å². The number of aromatic nitrogens is 2. The maximum atomic E-state index is 13.3. The van der Waals surface area contributed by atoms with E-state index < -0.39 is 17.2 Å². The second-order valence-electron chi connectivity index (χ2n) is 9.40. The van der Waals surface area contributed by atoms with Crippen molar-refractivity contribution in [2.24, 2.45) is 7.05 Å². The largest absolute Gasteiger partial charge is 0.483 e. The highest BCUT2D eigenvalue weighted by Gasteiger charge is 2.22. The van der Waals surface area contributed by atoms with Crippen LogP contribution in [0, 0.1) is 34.6 Å². The summed E-state index contributed by atoms with van der Waals surface area (Å²) in [6, 6.07) is 7.43. The van der Waals surface area contributed by atoms with Crippen LogP contribution in [0.5, 0.6) is 5.75 Å². The fourth-order valence-corrected chi connectivity index (χ4v) is 4.11. The lowest BCUT2D eigenvalue weighted by atomic mass is 10.0. The average Bonchev–Trinajstić information content (AvgIpc) is 2.87. The number of nitrogen functional groups attached to an aromatic ring is 1. The molecule has 1 amide bonds. The first-order valence-electron chi connectivity index (χ1n) is 12.4. The van der Waals surface area contributed by atoms with E-state index in [4.69, 9.17) is 10.5 Å². The van der Waals surface area contributed by atoms with Crippen LogP contribution in [-0.4, -0.2) is 28.2 Å². The molecule has 0 aliphatic carbocycles. The third-order valence-corrected chi connectivity index (χ3v) is 6.83. The summed E-state index contributed by atoms with van der Waals surface area (Å²) in [6.07, 6.45) is 1.74. The Morgan fingerprint density at radius 1 is 1.03 bits per heavy atom. The lowest BCUT2D eigenvalue weighted by Gasteiger charge is -2.21. The summed E-state index contributed by atoms with van der Waals surface area (Å²) in [4.78, 5) is 39.5. The van der Waals surface area contributed by atoms with Gasteiger partial charge in [0.05, 0.1) is 5.69 Å². The topological polar surface area (TPSA) is 120 Å². The lowest BCUT2D eigenvalue weighted by molar-refractivity contribution is -0.118. The van der Waals surface area contributed by atoms with Crippen molar-refractivity contribution in [2.75, 3.05) is 29.5 Å². The molecule has 1 heterocycles. The number of amides is 1. The number of nitrogens with two attached hydrogens (primary N) is 1. The zero-order valence-corrected chi connectivity index (χ0v) is 22.7. The summed E-state index contributed by atoms with van der Waals surface area (Å²) in [5.41, 5.74) is 10.8. The number of aryl methyl sites for hydroxylation is 2. The SMILES string of the molecule is CCCCNc1c(NC(=O)COc2cc(C)c(N)c(C)c2C)c(=O)n(C)c(=O)n1-c1cccc(C)c1C. The fraction of sp³-hybridized carbons (Fsp3) is 0.393. The van der Waals surface area contributed by atoms with Gasteiger partial charge < -0.3 is 21.1 Å². The van der Waals surface area contributed by atoms with E-state index in [9.17, 15) is 14.4 Å². The Morgan fingerprint density at radius 3 is 2.41 bits per heavy atom. The second-order valence-corrected chi connectivity index (χ2v) is 9.40. The number of unbranched alkanes of at least 4 members (excludes halogenated alkanes) is 1. The van der Waals surface area contributed by atoms with Crippen molar-refractivity contribution in [3.8, 4) is 11.4 Å². The Bertz CT molecular complexity index is 1450. The third-order valence-electron chi connectivity index (χ3n) is 6.83. The summed E-state index contributed by atoms with van der Waals surface area (Å²) in [5.74, 6) is 0.279. The van der Waals surface area contributed by atoms with Crippen LogP contribution in [0.15, 0.2) is 33.9 Å². The van der Waals surface area contributed by atoms with Gasteiger partial charge in [0.2, 0.25) is 0 Å². The molecule has 0 aliphatic heterocycles. The zero-order chi connectivity index (χ0) is 27.4. The number of anilines is 3. The Balaban J connectivity index is 2.04. The monoisotopic (exact) mass is 507 g/mol. The minimum absolute atomic E-state index is 0.00546. The second kappa shape index (κ2) is 11.4. The van der Waals surface area contributed by atoms with Gasteiger partial charge >= 0.3 is 5.69 Å². The van der Waals surface area contributed by atoms with E-state index in [1.165, 1.54) is 11.6 Å². The van der Waals surface area contributed by atoms with Crippen molar-refractivity contribution in [3.63, 3.8) is 0 Å². The molecule has 0 aliphatic rings. The third kappa shape index (κ3) is 5.55. The maximum Gasteiger partial charge on any atom is 0.337 e. The highest BCUT2D eigenvalue weighted by atomic mass is 16.5. The molecular weight excluding hydrogens is 470 g/mol. The molecule has 198 valence electrons. The van der Waals surface area contributed by atoms with Gasteiger partial charge in [0.25, 0.3) is 11.5 Å². The van der Waals surface area contributed by atoms with Gasteiger partial charge in [-0.2, -0.15) is 0 Å². The maximum absolute atomic E-state index is 13.3. The minimum atomic E-state index is -0.603. The molecule has 0 radical (unpaired) electrons. The number of rotatable bonds is 9. The predicted octanol–water partition coefficient (Wildman–Crippen LogP) is 3.89. The number of hydrogen-bond acceptors (Lipinski definition) is 6. The van der Waals surface area contributed by atoms with E-state index in [1.54, 1.807) is 6.07 Å². The van der Waals surface area contributed by atoms with Crippen LogP contribution in [-0.2, 0) is 11.8 Å². The van der Waals surface area contributed by atoms with Gasteiger partial charge in [-0.25, -0.2) is 9.36 Å². The number of carbonyl (C=O) groups is 1. The molecule has 2 aromatic carbocycles. The summed E-state index contributed by atoms with van der Waals surface area (Å²) in [5, 5.41) is 5.93. The van der Waals surface area contributed by atoms with Gasteiger partial charge in [-0.1, -0.05) is 25.5 Å². The van der Waals surface area contributed by atoms with Gasteiger partial charge in [-0.05, 0) is 81.0 Å².